The van der Waals surface area contributed by atoms with Crippen LogP contribution in [0.15, 0.2) is 28.7 Å². The van der Waals surface area contributed by atoms with Gasteiger partial charge in [-0.2, -0.15) is 0 Å². The Kier molecular flexibility index (Phi) is 8.69. The fourth-order valence-electron chi connectivity index (χ4n) is 1.77. The van der Waals surface area contributed by atoms with Gasteiger partial charge in [0, 0.05) is 23.2 Å². The number of aliphatic hydroxyl groups is 1. The number of unbranched alkanes of at least 4 members (excludes halogenated alkanes) is 3. The number of aliphatic hydroxyl groups excluding tert-OH is 1. The summed E-state index contributed by atoms with van der Waals surface area (Å²) >= 11 is 3.30. The van der Waals surface area contributed by atoms with Crippen molar-refractivity contribution in [3.05, 3.63) is 34.3 Å². The number of halogens is 1. The van der Waals surface area contributed by atoms with Crippen LogP contribution in [0.3, 0.4) is 0 Å². The summed E-state index contributed by atoms with van der Waals surface area (Å²) in [6, 6.07) is 7.00. The molecule has 5 nitrogen and oxygen atoms in total. The lowest BCUT2D eigenvalue weighted by Gasteiger charge is -2.07. The smallest absolute Gasteiger partial charge is 0.251 e. The van der Waals surface area contributed by atoms with Crippen molar-refractivity contribution in [3.8, 4) is 0 Å². The number of amides is 2. The van der Waals surface area contributed by atoms with Crippen LogP contribution in [0.25, 0.3) is 0 Å². The van der Waals surface area contributed by atoms with Crippen LogP contribution in [-0.4, -0.2) is 36.6 Å². The summed E-state index contributed by atoms with van der Waals surface area (Å²) in [7, 11) is 0. The lowest BCUT2D eigenvalue weighted by Crippen LogP contribution is -2.37. The fraction of sp³-hybridized carbons (Fsp3) is 0.467. The number of hydrogen-bond donors (Lipinski definition) is 3. The minimum atomic E-state index is -0.269. The van der Waals surface area contributed by atoms with Crippen LogP contribution in [0.1, 0.15) is 36.0 Å². The summed E-state index contributed by atoms with van der Waals surface area (Å²) in [5, 5.41) is 14.0. The summed E-state index contributed by atoms with van der Waals surface area (Å²) in [5.41, 5.74) is 0.515. The highest BCUT2D eigenvalue weighted by Crippen LogP contribution is 2.11. The number of nitrogens with one attached hydrogen (secondary N) is 2. The Morgan fingerprint density at radius 3 is 2.57 bits per heavy atom. The first-order chi connectivity index (χ1) is 10.1. The largest absolute Gasteiger partial charge is 0.396 e. The third-order valence-electron chi connectivity index (χ3n) is 2.90. The Bertz CT molecular complexity index is 466. The monoisotopic (exact) mass is 356 g/mol. The second kappa shape index (κ2) is 10.3. The molecule has 0 heterocycles. The SMILES string of the molecule is O=C(CNC(=O)c1cccc(Br)c1)NCCCCCCO. The molecule has 3 N–H and O–H groups in total. The fourth-order valence-corrected chi connectivity index (χ4v) is 2.17. The molecule has 116 valence electrons. The molecular formula is C15H21BrN2O3. The predicted molar refractivity (Wildman–Crippen MR) is 85.0 cm³/mol. The molecule has 0 bridgehead atoms. The highest BCUT2D eigenvalue weighted by molar-refractivity contribution is 9.10. The van der Waals surface area contributed by atoms with Crippen LogP contribution in [0.4, 0.5) is 0 Å². The van der Waals surface area contributed by atoms with Gasteiger partial charge < -0.3 is 15.7 Å². The van der Waals surface area contributed by atoms with Crippen LogP contribution in [0.5, 0.6) is 0 Å². The van der Waals surface area contributed by atoms with Gasteiger partial charge in [-0.15, -0.1) is 0 Å². The van der Waals surface area contributed by atoms with Crippen molar-refractivity contribution in [1.29, 1.82) is 0 Å². The van der Waals surface area contributed by atoms with Crippen LogP contribution in [-0.2, 0) is 4.79 Å². The van der Waals surface area contributed by atoms with Gasteiger partial charge in [0.05, 0.1) is 6.54 Å². The molecule has 0 radical (unpaired) electrons. The molecule has 0 saturated carbocycles. The number of benzene rings is 1. The standard InChI is InChI=1S/C15H21BrN2O3/c16-13-7-5-6-12(10-13)15(21)18-11-14(20)17-8-3-1-2-4-9-19/h5-7,10,19H,1-4,8-9,11H2,(H,17,20)(H,18,21). The first-order valence-corrected chi connectivity index (χ1v) is 7.84. The number of carbonyl (C=O) groups is 2. The molecule has 0 aromatic heterocycles. The van der Waals surface area contributed by atoms with Gasteiger partial charge in [0.25, 0.3) is 5.91 Å². The van der Waals surface area contributed by atoms with Gasteiger partial charge in [-0.05, 0) is 31.0 Å². The van der Waals surface area contributed by atoms with Gasteiger partial charge in [-0.25, -0.2) is 0 Å². The molecule has 0 atom stereocenters. The second-order valence-electron chi connectivity index (χ2n) is 4.68. The van der Waals surface area contributed by atoms with E-state index in [0.29, 0.717) is 12.1 Å². The van der Waals surface area contributed by atoms with Crippen molar-refractivity contribution in [2.24, 2.45) is 0 Å². The summed E-state index contributed by atoms with van der Waals surface area (Å²) in [4.78, 5) is 23.4. The van der Waals surface area contributed by atoms with E-state index in [1.807, 2.05) is 6.07 Å². The van der Waals surface area contributed by atoms with Gasteiger partial charge >= 0.3 is 0 Å². The summed E-state index contributed by atoms with van der Waals surface area (Å²) in [6.07, 6.45) is 3.62. The zero-order chi connectivity index (χ0) is 15.5. The van der Waals surface area contributed by atoms with Crippen molar-refractivity contribution in [1.82, 2.24) is 10.6 Å². The second-order valence-corrected chi connectivity index (χ2v) is 5.60. The molecule has 1 rings (SSSR count). The number of carbonyl (C=O) groups excluding carboxylic acids is 2. The quantitative estimate of drug-likeness (QED) is 0.590. The zero-order valence-electron chi connectivity index (χ0n) is 11.9. The highest BCUT2D eigenvalue weighted by atomic mass is 79.9. The molecule has 0 spiro atoms. The van der Waals surface area contributed by atoms with Crippen molar-refractivity contribution in [2.75, 3.05) is 19.7 Å². The lowest BCUT2D eigenvalue weighted by molar-refractivity contribution is -0.120. The Balaban J connectivity index is 2.16. The molecule has 0 saturated heterocycles. The first-order valence-electron chi connectivity index (χ1n) is 7.05. The Labute approximate surface area is 133 Å². The van der Waals surface area contributed by atoms with E-state index in [4.69, 9.17) is 5.11 Å². The average Bonchev–Trinajstić information content (AvgIpc) is 2.48. The maximum absolute atomic E-state index is 11.8. The minimum Gasteiger partial charge on any atom is -0.396 e. The van der Waals surface area contributed by atoms with Gasteiger partial charge in [0.15, 0.2) is 0 Å². The summed E-state index contributed by atoms with van der Waals surface area (Å²) < 4.78 is 0.822. The molecule has 0 aliphatic carbocycles. The molecule has 0 fully saturated rings. The van der Waals surface area contributed by atoms with E-state index in [0.717, 1.165) is 30.2 Å². The van der Waals surface area contributed by atoms with E-state index in [2.05, 4.69) is 26.6 Å². The van der Waals surface area contributed by atoms with E-state index in [-0.39, 0.29) is 25.0 Å². The maximum atomic E-state index is 11.8. The first kappa shape index (κ1) is 17.7. The molecule has 1 aromatic carbocycles. The minimum absolute atomic E-state index is 0.0258. The summed E-state index contributed by atoms with van der Waals surface area (Å²) in [5.74, 6) is -0.463. The van der Waals surface area contributed by atoms with Crippen LogP contribution >= 0.6 is 15.9 Å². The van der Waals surface area contributed by atoms with Gasteiger partial charge in [-0.3, -0.25) is 9.59 Å². The molecule has 0 aliphatic heterocycles. The van der Waals surface area contributed by atoms with Gasteiger partial charge in [0.1, 0.15) is 0 Å². The normalized spacial score (nSPS) is 10.2. The van der Waals surface area contributed by atoms with E-state index in [1.54, 1.807) is 18.2 Å². The lowest BCUT2D eigenvalue weighted by atomic mass is 10.2. The predicted octanol–water partition coefficient (Wildman–Crippen LogP) is 1.85. The van der Waals surface area contributed by atoms with Gasteiger partial charge in [0.2, 0.25) is 5.91 Å². The Hall–Kier alpha value is -1.40. The average molecular weight is 357 g/mol. The highest BCUT2D eigenvalue weighted by Gasteiger charge is 2.07. The van der Waals surface area contributed by atoms with Gasteiger partial charge in [-0.1, -0.05) is 34.8 Å². The molecule has 1 aromatic rings. The Morgan fingerprint density at radius 2 is 1.86 bits per heavy atom. The molecule has 2 amide bonds. The molecular weight excluding hydrogens is 336 g/mol. The number of hydrogen-bond acceptors (Lipinski definition) is 3. The molecule has 0 aliphatic rings. The van der Waals surface area contributed by atoms with E-state index in [1.165, 1.54) is 0 Å². The van der Waals surface area contributed by atoms with Crippen molar-refractivity contribution < 1.29 is 14.7 Å². The van der Waals surface area contributed by atoms with Crippen LogP contribution < -0.4 is 10.6 Å². The third kappa shape index (κ3) is 7.82. The third-order valence-corrected chi connectivity index (χ3v) is 3.40. The topological polar surface area (TPSA) is 78.4 Å². The molecule has 21 heavy (non-hydrogen) atoms. The Morgan fingerprint density at radius 1 is 1.10 bits per heavy atom. The van der Waals surface area contributed by atoms with Crippen LogP contribution in [0.2, 0.25) is 0 Å². The van der Waals surface area contributed by atoms with E-state index >= 15 is 0 Å². The number of rotatable bonds is 9. The molecule has 6 heteroatoms. The van der Waals surface area contributed by atoms with Crippen molar-refractivity contribution in [3.63, 3.8) is 0 Å². The maximum Gasteiger partial charge on any atom is 0.251 e. The zero-order valence-corrected chi connectivity index (χ0v) is 13.5. The van der Waals surface area contributed by atoms with E-state index in [9.17, 15) is 9.59 Å². The van der Waals surface area contributed by atoms with Crippen molar-refractivity contribution in [2.45, 2.75) is 25.7 Å². The summed E-state index contributed by atoms with van der Waals surface area (Å²) in [6.45, 7) is 0.785. The van der Waals surface area contributed by atoms with Crippen LogP contribution in [0, 0.1) is 0 Å². The van der Waals surface area contributed by atoms with Crippen molar-refractivity contribution >= 4 is 27.7 Å². The van der Waals surface area contributed by atoms with E-state index < -0.39 is 0 Å². The molecule has 0 unspecified atom stereocenters.